The van der Waals surface area contributed by atoms with E-state index in [-0.39, 0.29) is 11.3 Å². The van der Waals surface area contributed by atoms with Crippen molar-refractivity contribution in [3.05, 3.63) is 76.3 Å². The lowest BCUT2D eigenvalue weighted by molar-refractivity contribution is 0.244. The number of nitrogens with zero attached hydrogens (tertiary/aromatic N) is 2. The van der Waals surface area contributed by atoms with E-state index in [0.717, 1.165) is 23.4 Å². The Morgan fingerprint density at radius 2 is 1.58 bits per heavy atom. The highest BCUT2D eigenvalue weighted by molar-refractivity contribution is 6.37. The largest absolute Gasteiger partial charge is 0.493 e. The lowest BCUT2D eigenvalue weighted by atomic mass is 9.78. The van der Waals surface area contributed by atoms with E-state index < -0.39 is 0 Å². The quantitative estimate of drug-likeness (QED) is 0.251. The summed E-state index contributed by atoms with van der Waals surface area (Å²) in [5, 5.41) is 0.998. The van der Waals surface area contributed by atoms with E-state index in [2.05, 4.69) is 42.5 Å². The van der Waals surface area contributed by atoms with Crippen LogP contribution in [0.1, 0.15) is 38.8 Å². The first-order valence-electron chi connectivity index (χ1n) is 11.1. The van der Waals surface area contributed by atoms with Gasteiger partial charge in [-0.1, -0.05) is 63.0 Å². The van der Waals surface area contributed by atoms with E-state index in [1.54, 1.807) is 6.20 Å². The van der Waals surface area contributed by atoms with E-state index in [9.17, 15) is 0 Å². The fraction of sp³-hybridized carbons (Fsp3) is 0.423. The van der Waals surface area contributed by atoms with E-state index in [1.807, 2.05) is 43.7 Å². The Balaban J connectivity index is 1.67. The predicted molar refractivity (Wildman–Crippen MR) is 137 cm³/mol. The van der Waals surface area contributed by atoms with Crippen molar-refractivity contribution in [2.75, 3.05) is 19.1 Å². The molecule has 0 spiro atoms. The number of rotatable bonds is 11. The lowest BCUT2D eigenvalue weighted by Crippen LogP contribution is -2.19. The summed E-state index contributed by atoms with van der Waals surface area (Å²) < 4.78 is 13.9. The maximum Gasteiger partial charge on any atom is 0.156 e. The molecule has 0 aliphatic heterocycles. The third-order valence-corrected chi connectivity index (χ3v) is 6.78. The number of benzene rings is 2. The first-order valence-corrected chi connectivity index (χ1v) is 12.4. The van der Waals surface area contributed by atoms with Gasteiger partial charge in [0.2, 0.25) is 0 Å². The fourth-order valence-corrected chi connectivity index (χ4v) is 4.19. The molecule has 1 aromatic heterocycles. The van der Waals surface area contributed by atoms with Crippen molar-refractivity contribution in [1.82, 2.24) is 9.55 Å². The molecule has 0 aliphatic carbocycles. The van der Waals surface area contributed by atoms with Gasteiger partial charge < -0.3 is 14.0 Å². The Morgan fingerprint density at radius 3 is 2.15 bits per heavy atom. The van der Waals surface area contributed by atoms with Gasteiger partial charge in [-0.25, -0.2) is 4.98 Å². The van der Waals surface area contributed by atoms with Crippen LogP contribution in [0.25, 0.3) is 0 Å². The molecule has 0 fully saturated rings. The molecule has 0 amide bonds. The maximum absolute atomic E-state index is 6.53. The van der Waals surface area contributed by atoms with Crippen molar-refractivity contribution < 1.29 is 9.47 Å². The Morgan fingerprint density at radius 1 is 0.939 bits per heavy atom. The molecule has 0 bridgehead atoms. The first kappa shape index (κ1) is 25.7. The zero-order chi connectivity index (χ0) is 24.0. The van der Waals surface area contributed by atoms with E-state index in [0.29, 0.717) is 40.8 Å². The summed E-state index contributed by atoms with van der Waals surface area (Å²) in [4.78, 5) is 4.08. The van der Waals surface area contributed by atoms with Crippen LogP contribution in [-0.2, 0) is 12.0 Å². The molecule has 178 valence electrons. The van der Waals surface area contributed by atoms with Crippen LogP contribution in [-0.4, -0.2) is 28.6 Å². The van der Waals surface area contributed by atoms with Gasteiger partial charge in [0.15, 0.2) is 5.75 Å². The summed E-state index contributed by atoms with van der Waals surface area (Å²) in [6, 6.07) is 12.0. The highest BCUT2D eigenvalue weighted by atomic mass is 35.5. The highest BCUT2D eigenvalue weighted by Crippen LogP contribution is 2.40. The third kappa shape index (κ3) is 6.81. The normalized spacial score (nSPS) is 13.5. The Hall–Kier alpha value is -1.88. The summed E-state index contributed by atoms with van der Waals surface area (Å²) >= 11 is 18.9. The number of hydrogen-bond acceptors (Lipinski definition) is 3. The van der Waals surface area contributed by atoms with Gasteiger partial charge >= 0.3 is 0 Å². The number of hydrogen-bond donors (Lipinski definition) is 0. The van der Waals surface area contributed by atoms with Gasteiger partial charge in [0.05, 0.1) is 29.6 Å². The lowest BCUT2D eigenvalue weighted by Gasteiger charge is -2.27. The molecule has 0 saturated heterocycles. The first-order chi connectivity index (χ1) is 15.7. The topological polar surface area (TPSA) is 36.3 Å². The smallest absolute Gasteiger partial charge is 0.156 e. The number of imidazole rings is 1. The van der Waals surface area contributed by atoms with Gasteiger partial charge in [0.1, 0.15) is 5.75 Å². The van der Waals surface area contributed by atoms with Crippen molar-refractivity contribution >= 4 is 34.8 Å². The van der Waals surface area contributed by atoms with Gasteiger partial charge in [0.25, 0.3) is 0 Å². The van der Waals surface area contributed by atoms with Gasteiger partial charge in [0, 0.05) is 42.1 Å². The molecule has 2 unspecified atom stereocenters. The molecule has 1 heterocycles. The van der Waals surface area contributed by atoms with Crippen LogP contribution < -0.4 is 9.47 Å². The van der Waals surface area contributed by atoms with E-state index in [1.165, 1.54) is 0 Å². The van der Waals surface area contributed by atoms with Gasteiger partial charge in [-0.2, -0.15) is 0 Å². The zero-order valence-corrected chi connectivity index (χ0v) is 21.8. The van der Waals surface area contributed by atoms with Crippen LogP contribution in [0.2, 0.25) is 10.0 Å². The summed E-state index contributed by atoms with van der Waals surface area (Å²) in [7, 11) is 0. The van der Waals surface area contributed by atoms with Crippen molar-refractivity contribution in [3.63, 3.8) is 0 Å². The minimum Gasteiger partial charge on any atom is -0.493 e. The van der Waals surface area contributed by atoms with Gasteiger partial charge in [-0.05, 0) is 35.4 Å². The van der Waals surface area contributed by atoms with Crippen molar-refractivity contribution in [3.8, 4) is 11.5 Å². The molecule has 2 atom stereocenters. The maximum atomic E-state index is 6.53. The molecule has 0 radical (unpaired) electrons. The highest BCUT2D eigenvalue weighted by Gasteiger charge is 2.26. The van der Waals surface area contributed by atoms with Crippen molar-refractivity contribution in [2.45, 2.75) is 39.7 Å². The molecule has 4 nitrogen and oxygen atoms in total. The molecule has 0 aliphatic rings. The Kier molecular flexibility index (Phi) is 8.97. The molecule has 3 aromatic rings. The summed E-state index contributed by atoms with van der Waals surface area (Å²) in [6.45, 7) is 10.4. The average Bonchev–Trinajstić information content (AvgIpc) is 3.30. The standard InChI is InChI=1S/C26H31Cl3N2O2/c1-18(13-27)15-33-25-23(28)11-21(12-24(25)29)26(3,4)20-5-7-22(8-6-20)32-16-19(2)14-31-10-9-30-17-31/h5-12,17-19H,13-16H2,1-4H3. The van der Waals surface area contributed by atoms with Crippen LogP contribution in [0.4, 0.5) is 0 Å². The fourth-order valence-electron chi connectivity index (χ4n) is 3.51. The molecule has 3 rings (SSSR count). The van der Waals surface area contributed by atoms with Gasteiger partial charge in [-0.3, -0.25) is 0 Å². The second kappa shape index (κ2) is 11.5. The molecule has 33 heavy (non-hydrogen) atoms. The van der Waals surface area contributed by atoms with E-state index in [4.69, 9.17) is 44.3 Å². The van der Waals surface area contributed by atoms with Crippen LogP contribution in [0.15, 0.2) is 55.1 Å². The van der Waals surface area contributed by atoms with Crippen molar-refractivity contribution in [1.29, 1.82) is 0 Å². The van der Waals surface area contributed by atoms with Gasteiger partial charge in [-0.15, -0.1) is 11.6 Å². The number of halogens is 3. The summed E-state index contributed by atoms with van der Waals surface area (Å²) in [5.74, 6) is 2.45. The molecule has 0 saturated carbocycles. The molecule has 2 aromatic carbocycles. The minimum atomic E-state index is -0.303. The van der Waals surface area contributed by atoms with Crippen LogP contribution in [0.3, 0.4) is 0 Å². The summed E-state index contributed by atoms with van der Waals surface area (Å²) in [5.41, 5.74) is 1.85. The monoisotopic (exact) mass is 508 g/mol. The average molecular weight is 510 g/mol. The number of aromatic nitrogens is 2. The summed E-state index contributed by atoms with van der Waals surface area (Å²) in [6.07, 6.45) is 5.58. The van der Waals surface area contributed by atoms with E-state index >= 15 is 0 Å². The Bertz CT molecular complexity index is 998. The second-order valence-corrected chi connectivity index (χ2v) is 10.3. The predicted octanol–water partition coefficient (Wildman–Crippen LogP) is 7.48. The van der Waals surface area contributed by atoms with Crippen LogP contribution in [0.5, 0.6) is 11.5 Å². The number of ether oxygens (including phenoxy) is 2. The number of alkyl halides is 1. The molecule has 0 N–H and O–H groups in total. The van der Waals surface area contributed by atoms with Crippen LogP contribution >= 0.6 is 34.8 Å². The van der Waals surface area contributed by atoms with Crippen molar-refractivity contribution in [2.24, 2.45) is 11.8 Å². The Labute approximate surface area is 211 Å². The molecule has 7 heteroatoms. The zero-order valence-electron chi connectivity index (χ0n) is 19.5. The second-order valence-electron chi connectivity index (χ2n) is 9.16. The molecular formula is C26H31Cl3N2O2. The van der Waals surface area contributed by atoms with Crippen LogP contribution in [0, 0.1) is 11.8 Å². The molecular weight excluding hydrogens is 479 g/mol. The third-order valence-electron chi connectivity index (χ3n) is 5.69. The SMILES string of the molecule is CC(CCl)COc1c(Cl)cc(C(C)(C)c2ccc(OCC(C)Cn3ccnc3)cc2)cc1Cl. The minimum absolute atomic E-state index is 0.213.